The molecule has 6 nitrogen and oxygen atoms in total. The van der Waals surface area contributed by atoms with Gasteiger partial charge in [-0.1, -0.05) is 11.6 Å². The van der Waals surface area contributed by atoms with Crippen LogP contribution in [0.2, 0.25) is 5.15 Å². The Hall–Kier alpha value is -1.80. The summed E-state index contributed by atoms with van der Waals surface area (Å²) in [5, 5.41) is 1.27. The molecule has 0 spiro atoms. The Morgan fingerprint density at radius 1 is 1.43 bits per heavy atom. The molecule has 0 fully saturated rings. The van der Waals surface area contributed by atoms with Crippen LogP contribution in [0.5, 0.6) is 0 Å². The highest BCUT2D eigenvalue weighted by molar-refractivity contribution is 7.77. The van der Waals surface area contributed by atoms with Crippen molar-refractivity contribution in [2.24, 2.45) is 0 Å². The van der Waals surface area contributed by atoms with E-state index in [-0.39, 0.29) is 6.54 Å². The Kier molecular flexibility index (Phi) is 3.98. The zero-order chi connectivity index (χ0) is 14.8. The molecule has 0 saturated carbocycles. The van der Waals surface area contributed by atoms with Crippen molar-refractivity contribution in [3.05, 3.63) is 47.5 Å². The highest BCUT2D eigenvalue weighted by Crippen LogP contribution is 2.29. The van der Waals surface area contributed by atoms with Crippen LogP contribution in [-0.4, -0.2) is 23.7 Å². The Bertz CT molecular complexity index is 821. The number of halogens is 1. The van der Waals surface area contributed by atoms with Crippen molar-refractivity contribution in [1.29, 1.82) is 0 Å². The number of fused-ring (bicyclic) bond motifs is 1. The smallest absolute Gasteiger partial charge is 0.137 e. The Morgan fingerprint density at radius 2 is 2.29 bits per heavy atom. The first-order valence-corrected chi connectivity index (χ1v) is 7.50. The van der Waals surface area contributed by atoms with Crippen LogP contribution in [0.4, 0.5) is 0 Å². The number of hydrogen-bond acceptors (Lipinski definition) is 4. The summed E-state index contributed by atoms with van der Waals surface area (Å²) in [5.74, 6) is 0. The molecule has 3 rings (SSSR count). The van der Waals surface area contributed by atoms with Crippen molar-refractivity contribution >= 4 is 33.9 Å². The number of hydrogen-bond donors (Lipinski definition) is 2. The van der Waals surface area contributed by atoms with Crippen molar-refractivity contribution in [2.45, 2.75) is 6.54 Å². The van der Waals surface area contributed by atoms with Gasteiger partial charge in [0.05, 0.1) is 5.69 Å². The normalized spacial score (nSPS) is 12.7. The van der Waals surface area contributed by atoms with Gasteiger partial charge in [0.25, 0.3) is 0 Å². The van der Waals surface area contributed by atoms with Gasteiger partial charge in [-0.25, -0.2) is 14.7 Å². The minimum Gasteiger partial charge on any atom is -0.760 e. The van der Waals surface area contributed by atoms with E-state index in [1.54, 1.807) is 18.3 Å². The first-order valence-electron chi connectivity index (χ1n) is 6.05. The van der Waals surface area contributed by atoms with Crippen LogP contribution in [0.25, 0.3) is 22.2 Å². The lowest BCUT2D eigenvalue weighted by molar-refractivity contribution is 0.522. The monoisotopic (exact) mass is 321 g/mol. The molecule has 1 atom stereocenters. The van der Waals surface area contributed by atoms with E-state index in [1.165, 1.54) is 0 Å². The zero-order valence-corrected chi connectivity index (χ0v) is 12.2. The fourth-order valence-corrected chi connectivity index (χ4v) is 2.62. The van der Waals surface area contributed by atoms with Gasteiger partial charge >= 0.3 is 0 Å². The van der Waals surface area contributed by atoms with Crippen LogP contribution in [0.1, 0.15) is 5.69 Å². The SMILES string of the molecule is O=S([O-])NCc1cc(-c2c[nH]c3ncccc23)cc(Cl)n1. The van der Waals surface area contributed by atoms with Crippen LogP contribution >= 0.6 is 11.6 Å². The Balaban J connectivity index is 2.03. The molecule has 0 bridgehead atoms. The number of pyridine rings is 2. The standard InChI is InChI=1S/C13H11ClN4O2S/c14-12-5-8(4-9(18-12)6-17-21(19)20)11-7-16-13-10(11)2-1-3-15-13/h1-5,7,17H,6H2,(H,15,16)(H,19,20)/p-1. The highest BCUT2D eigenvalue weighted by atomic mass is 35.5. The molecule has 0 saturated heterocycles. The predicted octanol–water partition coefficient (Wildman–Crippen LogP) is 2.16. The van der Waals surface area contributed by atoms with E-state index in [9.17, 15) is 8.76 Å². The molecule has 1 unspecified atom stereocenters. The Morgan fingerprint density at radius 3 is 3.10 bits per heavy atom. The molecule has 8 heteroatoms. The molecule has 0 aliphatic rings. The van der Waals surface area contributed by atoms with E-state index in [0.717, 1.165) is 22.2 Å². The quantitative estimate of drug-likeness (QED) is 0.569. The van der Waals surface area contributed by atoms with Crippen LogP contribution in [-0.2, 0) is 17.8 Å². The van der Waals surface area contributed by atoms with Gasteiger partial charge in [-0.05, 0) is 29.8 Å². The number of nitrogens with zero attached hydrogens (tertiary/aromatic N) is 2. The molecule has 0 aliphatic carbocycles. The number of H-pyrrole nitrogens is 1. The largest absolute Gasteiger partial charge is 0.760 e. The maximum Gasteiger partial charge on any atom is 0.137 e. The average Bonchev–Trinajstić information content (AvgIpc) is 2.88. The second-order valence-electron chi connectivity index (χ2n) is 4.33. The van der Waals surface area contributed by atoms with E-state index < -0.39 is 11.3 Å². The first kappa shape index (κ1) is 14.2. The summed E-state index contributed by atoms with van der Waals surface area (Å²) in [6, 6.07) is 7.33. The van der Waals surface area contributed by atoms with E-state index in [4.69, 9.17) is 11.6 Å². The lowest BCUT2D eigenvalue weighted by Gasteiger charge is -2.08. The van der Waals surface area contributed by atoms with Gasteiger partial charge in [-0.15, -0.1) is 0 Å². The molecular weight excluding hydrogens is 312 g/mol. The van der Waals surface area contributed by atoms with E-state index in [1.807, 2.05) is 18.3 Å². The lowest BCUT2D eigenvalue weighted by atomic mass is 10.1. The molecule has 3 aromatic rings. The van der Waals surface area contributed by atoms with Crippen molar-refractivity contribution in [2.75, 3.05) is 0 Å². The van der Waals surface area contributed by atoms with Gasteiger partial charge in [0.15, 0.2) is 0 Å². The van der Waals surface area contributed by atoms with Crippen molar-refractivity contribution in [3.8, 4) is 11.1 Å². The minimum atomic E-state index is -2.34. The van der Waals surface area contributed by atoms with E-state index in [0.29, 0.717) is 10.8 Å². The summed E-state index contributed by atoms with van der Waals surface area (Å²) in [6.45, 7) is 0.0876. The molecule has 108 valence electrons. The van der Waals surface area contributed by atoms with Gasteiger partial charge in [0.2, 0.25) is 0 Å². The summed E-state index contributed by atoms with van der Waals surface area (Å²) >= 11 is 3.68. The third-order valence-corrected chi connectivity index (χ3v) is 3.55. The lowest BCUT2D eigenvalue weighted by Crippen LogP contribution is -2.16. The van der Waals surface area contributed by atoms with Crippen LogP contribution in [0.15, 0.2) is 36.7 Å². The summed E-state index contributed by atoms with van der Waals surface area (Å²) < 4.78 is 23.4. The Labute approximate surface area is 128 Å². The third-order valence-electron chi connectivity index (χ3n) is 2.98. The summed E-state index contributed by atoms with van der Waals surface area (Å²) in [6.07, 6.45) is 3.55. The van der Waals surface area contributed by atoms with Gasteiger partial charge in [-0.2, -0.15) is 0 Å². The van der Waals surface area contributed by atoms with Crippen LogP contribution < -0.4 is 4.72 Å². The number of aromatic nitrogens is 3. The second kappa shape index (κ2) is 5.90. The molecule has 3 heterocycles. The number of nitrogens with one attached hydrogen (secondary N) is 2. The molecule has 2 N–H and O–H groups in total. The van der Waals surface area contributed by atoms with E-state index >= 15 is 0 Å². The third kappa shape index (κ3) is 3.11. The zero-order valence-electron chi connectivity index (χ0n) is 10.7. The molecule has 0 radical (unpaired) electrons. The number of rotatable bonds is 4. The fraction of sp³-hybridized carbons (Fsp3) is 0.0769. The van der Waals surface area contributed by atoms with Gasteiger partial charge in [0.1, 0.15) is 10.8 Å². The average molecular weight is 322 g/mol. The summed E-state index contributed by atoms with van der Waals surface area (Å²) in [5.41, 5.74) is 3.11. The number of aromatic amines is 1. The van der Waals surface area contributed by atoms with Crippen molar-refractivity contribution in [3.63, 3.8) is 0 Å². The van der Waals surface area contributed by atoms with Crippen molar-refractivity contribution < 1.29 is 8.76 Å². The van der Waals surface area contributed by atoms with Gasteiger partial charge < -0.3 is 9.54 Å². The second-order valence-corrected chi connectivity index (χ2v) is 5.47. The molecule has 0 aromatic carbocycles. The predicted molar refractivity (Wildman–Crippen MR) is 80.1 cm³/mol. The molecular formula is C13H10ClN4O2S-. The highest BCUT2D eigenvalue weighted by Gasteiger charge is 2.09. The minimum absolute atomic E-state index is 0.0876. The van der Waals surface area contributed by atoms with Gasteiger partial charge in [0, 0.05) is 41.2 Å². The maximum atomic E-state index is 10.6. The molecule has 3 aromatic heterocycles. The first-order chi connectivity index (χ1) is 10.1. The van der Waals surface area contributed by atoms with E-state index in [2.05, 4.69) is 19.7 Å². The molecule has 0 amide bonds. The summed E-state index contributed by atoms with van der Waals surface area (Å²) in [7, 11) is 0. The topological polar surface area (TPSA) is 93.7 Å². The molecule has 0 aliphatic heterocycles. The van der Waals surface area contributed by atoms with Crippen LogP contribution in [0, 0.1) is 0 Å². The fourth-order valence-electron chi connectivity index (χ4n) is 2.12. The van der Waals surface area contributed by atoms with Crippen molar-refractivity contribution in [1.82, 2.24) is 19.7 Å². The maximum absolute atomic E-state index is 10.6. The molecule has 21 heavy (non-hydrogen) atoms. The summed E-state index contributed by atoms with van der Waals surface area (Å²) in [4.78, 5) is 11.4. The van der Waals surface area contributed by atoms with Gasteiger partial charge in [-0.3, -0.25) is 4.21 Å². The van der Waals surface area contributed by atoms with Crippen LogP contribution in [0.3, 0.4) is 0 Å².